The smallest absolute Gasteiger partial charge is 0.337 e. The fourth-order valence-electron chi connectivity index (χ4n) is 5.33. The number of nitriles is 1. The standard InChI is InChI=1S/C28H21Cl2N5O5/c1-33-27(40)35(20-11-18(29)10-19(30)12-20)25(38)28(33)15-34(14-22(28)17-8-6-16(13-31)7-9-17)26(39)32-23-5-3-2-4-21(23)24(36)37/h2-12,22H,14-15H2,1H3,(H,32,39)(H,36,37). The summed E-state index contributed by atoms with van der Waals surface area (Å²) in [5.74, 6) is -2.47. The van der Waals surface area contributed by atoms with Crippen LogP contribution in [-0.4, -0.2) is 64.5 Å². The highest BCUT2D eigenvalue weighted by atomic mass is 35.5. The van der Waals surface area contributed by atoms with Gasteiger partial charge in [0.05, 0.1) is 35.1 Å². The van der Waals surface area contributed by atoms with Crippen molar-refractivity contribution in [2.75, 3.05) is 30.4 Å². The van der Waals surface area contributed by atoms with Crippen molar-refractivity contribution in [2.24, 2.45) is 0 Å². The van der Waals surface area contributed by atoms with Gasteiger partial charge in [-0.05, 0) is 48.0 Å². The molecule has 5 rings (SSSR count). The summed E-state index contributed by atoms with van der Waals surface area (Å²) in [6, 6.07) is 17.7. The van der Waals surface area contributed by atoms with E-state index in [2.05, 4.69) is 11.4 Å². The van der Waals surface area contributed by atoms with Crippen molar-refractivity contribution in [1.29, 1.82) is 5.26 Å². The van der Waals surface area contributed by atoms with Gasteiger partial charge in [-0.15, -0.1) is 0 Å². The van der Waals surface area contributed by atoms with Crippen LogP contribution in [0.25, 0.3) is 0 Å². The molecule has 1 spiro atoms. The highest BCUT2D eigenvalue weighted by molar-refractivity contribution is 6.36. The van der Waals surface area contributed by atoms with E-state index in [1.54, 1.807) is 36.4 Å². The Morgan fingerprint density at radius 3 is 2.33 bits per heavy atom. The fraction of sp³-hybridized carbons (Fsp3) is 0.179. The van der Waals surface area contributed by atoms with Crippen LogP contribution in [0, 0.1) is 11.3 Å². The molecule has 2 N–H and O–H groups in total. The quantitative estimate of drug-likeness (QED) is 0.417. The number of benzene rings is 3. The van der Waals surface area contributed by atoms with Crippen molar-refractivity contribution in [3.63, 3.8) is 0 Å². The maximum Gasteiger partial charge on any atom is 0.337 e. The molecule has 0 aliphatic carbocycles. The second-order valence-corrected chi connectivity index (χ2v) is 10.4. The van der Waals surface area contributed by atoms with Crippen molar-refractivity contribution in [3.8, 4) is 6.07 Å². The van der Waals surface area contributed by atoms with E-state index in [-0.39, 0.29) is 40.1 Å². The largest absolute Gasteiger partial charge is 0.478 e. The predicted octanol–water partition coefficient (Wildman–Crippen LogP) is 5.03. The third kappa shape index (κ3) is 4.39. The average Bonchev–Trinajstić information content (AvgIpc) is 3.41. The molecule has 10 nitrogen and oxygen atoms in total. The number of urea groups is 2. The summed E-state index contributed by atoms with van der Waals surface area (Å²) in [6.45, 7) is -0.148. The van der Waals surface area contributed by atoms with Crippen molar-refractivity contribution in [3.05, 3.63) is 93.5 Å². The molecule has 3 aromatic carbocycles. The lowest BCUT2D eigenvalue weighted by atomic mass is 9.80. The molecule has 2 atom stereocenters. The zero-order valence-corrected chi connectivity index (χ0v) is 22.5. The van der Waals surface area contributed by atoms with Crippen molar-refractivity contribution >= 4 is 58.5 Å². The monoisotopic (exact) mass is 577 g/mol. The van der Waals surface area contributed by atoms with Gasteiger partial charge in [0.2, 0.25) is 0 Å². The Bertz CT molecular complexity index is 1590. The number of nitrogens with zero attached hydrogens (tertiary/aromatic N) is 4. The fourth-order valence-corrected chi connectivity index (χ4v) is 5.85. The summed E-state index contributed by atoms with van der Waals surface area (Å²) < 4.78 is 0. The Kier molecular flexibility index (Phi) is 6.87. The number of carboxylic acids is 1. The van der Waals surface area contributed by atoms with E-state index in [0.717, 1.165) is 4.90 Å². The van der Waals surface area contributed by atoms with Gasteiger partial charge in [-0.1, -0.05) is 47.5 Å². The van der Waals surface area contributed by atoms with E-state index in [1.807, 2.05) is 0 Å². The van der Waals surface area contributed by atoms with E-state index in [0.29, 0.717) is 11.1 Å². The van der Waals surface area contributed by atoms with Crippen LogP contribution in [0.3, 0.4) is 0 Å². The van der Waals surface area contributed by atoms with Gasteiger partial charge < -0.3 is 20.2 Å². The van der Waals surface area contributed by atoms with Gasteiger partial charge >= 0.3 is 18.0 Å². The van der Waals surface area contributed by atoms with Crippen LogP contribution in [0.4, 0.5) is 21.0 Å². The number of carboxylic acid groups (broad SMARTS) is 1. The number of para-hydroxylation sites is 1. The van der Waals surface area contributed by atoms with Gasteiger partial charge in [-0.25, -0.2) is 19.3 Å². The summed E-state index contributed by atoms with van der Waals surface area (Å²) in [5, 5.41) is 21.9. The number of imide groups is 1. The number of amides is 5. The number of anilines is 2. The van der Waals surface area contributed by atoms with Crippen molar-refractivity contribution in [1.82, 2.24) is 9.80 Å². The maximum absolute atomic E-state index is 14.2. The minimum Gasteiger partial charge on any atom is -0.478 e. The SMILES string of the molecule is CN1C(=O)N(c2cc(Cl)cc(Cl)c2)C(=O)C12CN(C(=O)Nc1ccccc1C(=O)O)CC2c1ccc(C#N)cc1. The van der Waals surface area contributed by atoms with Crippen LogP contribution >= 0.6 is 23.2 Å². The van der Waals surface area contributed by atoms with Gasteiger partial charge in [-0.2, -0.15) is 5.26 Å². The molecule has 40 heavy (non-hydrogen) atoms. The summed E-state index contributed by atoms with van der Waals surface area (Å²) in [4.78, 5) is 56.6. The molecule has 2 aliphatic rings. The molecule has 0 radical (unpaired) electrons. The molecule has 2 fully saturated rings. The molecule has 2 heterocycles. The maximum atomic E-state index is 14.2. The third-order valence-electron chi connectivity index (χ3n) is 7.30. The average molecular weight is 578 g/mol. The molecule has 2 unspecified atom stereocenters. The normalized spacial score (nSPS) is 20.2. The van der Waals surface area contributed by atoms with Crippen molar-refractivity contribution in [2.45, 2.75) is 11.5 Å². The second kappa shape index (κ2) is 10.2. The van der Waals surface area contributed by atoms with Gasteiger partial charge in [0.1, 0.15) is 5.54 Å². The van der Waals surface area contributed by atoms with Gasteiger partial charge in [0.15, 0.2) is 0 Å². The lowest BCUT2D eigenvalue weighted by Gasteiger charge is -2.33. The summed E-state index contributed by atoms with van der Waals surface area (Å²) >= 11 is 12.3. The van der Waals surface area contributed by atoms with Gasteiger partial charge in [0, 0.05) is 29.6 Å². The number of likely N-dealkylation sites (tertiary alicyclic amines) is 1. The minimum atomic E-state index is -1.51. The number of hydrogen-bond acceptors (Lipinski definition) is 5. The van der Waals surface area contributed by atoms with E-state index in [9.17, 15) is 29.5 Å². The lowest BCUT2D eigenvalue weighted by Crippen LogP contribution is -2.54. The number of nitrogens with one attached hydrogen (secondary N) is 1. The first-order chi connectivity index (χ1) is 19.1. The van der Waals surface area contributed by atoms with Crippen LogP contribution in [-0.2, 0) is 4.79 Å². The molecule has 0 aromatic heterocycles. The molecule has 2 aliphatic heterocycles. The number of hydrogen-bond donors (Lipinski definition) is 2. The molecular formula is C28H21Cl2N5O5. The highest BCUT2D eigenvalue weighted by Gasteiger charge is 2.65. The molecule has 0 bridgehead atoms. The number of aromatic carboxylic acids is 1. The van der Waals surface area contributed by atoms with Crippen LogP contribution in [0.15, 0.2) is 66.7 Å². The molecule has 5 amide bonds. The van der Waals surface area contributed by atoms with E-state index in [4.69, 9.17) is 23.2 Å². The van der Waals surface area contributed by atoms with E-state index in [1.165, 1.54) is 47.2 Å². The van der Waals surface area contributed by atoms with Crippen molar-refractivity contribution < 1.29 is 24.3 Å². The zero-order valence-electron chi connectivity index (χ0n) is 21.0. The summed E-state index contributed by atoms with van der Waals surface area (Å²) in [6.07, 6.45) is 0. The van der Waals surface area contributed by atoms with E-state index >= 15 is 0 Å². The first kappa shape index (κ1) is 27.0. The predicted molar refractivity (Wildman–Crippen MR) is 148 cm³/mol. The molecular weight excluding hydrogens is 557 g/mol. The number of likely N-dealkylation sites (N-methyl/N-ethyl adjacent to an activating group) is 1. The Labute approximate surface area is 238 Å². The Morgan fingerprint density at radius 2 is 1.70 bits per heavy atom. The minimum absolute atomic E-state index is 0.0282. The Hall–Kier alpha value is -4.59. The first-order valence-corrected chi connectivity index (χ1v) is 12.8. The number of rotatable bonds is 4. The Morgan fingerprint density at radius 1 is 1.05 bits per heavy atom. The Balaban J connectivity index is 1.56. The number of carbonyl (C=O) groups excluding carboxylic acids is 3. The lowest BCUT2D eigenvalue weighted by molar-refractivity contribution is -0.124. The zero-order chi connectivity index (χ0) is 28.8. The third-order valence-corrected chi connectivity index (χ3v) is 7.73. The number of halogens is 2. The second-order valence-electron chi connectivity index (χ2n) is 9.48. The number of carbonyl (C=O) groups is 4. The van der Waals surface area contributed by atoms with Gasteiger partial charge in [-0.3, -0.25) is 4.79 Å². The van der Waals surface area contributed by atoms with Gasteiger partial charge in [0.25, 0.3) is 5.91 Å². The molecule has 0 saturated carbocycles. The van der Waals surface area contributed by atoms with E-state index < -0.39 is 35.4 Å². The highest BCUT2D eigenvalue weighted by Crippen LogP contribution is 2.46. The topological polar surface area (TPSA) is 134 Å². The van der Waals surface area contributed by atoms with Crippen LogP contribution in [0.1, 0.15) is 27.4 Å². The molecule has 202 valence electrons. The summed E-state index contributed by atoms with van der Waals surface area (Å²) in [7, 11) is 1.49. The van der Waals surface area contributed by atoms with Crippen LogP contribution in [0.2, 0.25) is 10.0 Å². The first-order valence-electron chi connectivity index (χ1n) is 12.0. The van der Waals surface area contributed by atoms with Crippen LogP contribution in [0.5, 0.6) is 0 Å². The molecule has 2 saturated heterocycles. The molecule has 12 heteroatoms. The summed E-state index contributed by atoms with van der Waals surface area (Å²) in [5.41, 5.74) is -0.279. The molecule has 3 aromatic rings. The van der Waals surface area contributed by atoms with Crippen LogP contribution < -0.4 is 10.2 Å².